The molecule has 35 nitrogen and oxygen atoms in total. The third-order valence-electron chi connectivity index (χ3n) is 13.7. The van der Waals surface area contributed by atoms with E-state index in [9.17, 15) is 92.3 Å². The van der Waals surface area contributed by atoms with Gasteiger partial charge in [0.2, 0.25) is 70.9 Å². The van der Waals surface area contributed by atoms with Crippen molar-refractivity contribution in [1.29, 1.82) is 0 Å². The summed E-state index contributed by atoms with van der Waals surface area (Å²) in [5.41, 5.74) is 28.6. The SMILES string of the molecule is CC(=O)N[C@@H](CCCCN)C(=O)NC1CSSCC(C(=O)N[C@@H](CC(=O)O)C(N)=O)NC(=O)[C@H](Cc2ccc(O)cc2)NC(=O)C(CC(=O)O)NC(=O)C(CC(=O)O)NC(=O)CNC(=O)C(CCCCN)NC(=O)[C@H](CCCCN)NC(=O)C(CCCCN)NC1=O. The van der Waals surface area contributed by atoms with E-state index < -0.39 is 193 Å². The monoisotopic (exact) mass is 1340 g/mol. The van der Waals surface area contributed by atoms with E-state index >= 15 is 0 Å². The van der Waals surface area contributed by atoms with Crippen LogP contribution < -0.4 is 87.2 Å². The Morgan fingerprint density at radius 2 is 0.978 bits per heavy atom. The molecule has 514 valence electrons. The molecule has 0 radical (unpaired) electrons. The summed E-state index contributed by atoms with van der Waals surface area (Å²) in [5, 5.41) is 65.6. The van der Waals surface area contributed by atoms with Gasteiger partial charge in [0.05, 0.1) is 25.8 Å². The van der Waals surface area contributed by atoms with Crippen molar-refractivity contribution >= 4 is 110 Å². The molecule has 1 fully saturated rings. The lowest BCUT2D eigenvalue weighted by molar-refractivity contribution is -0.143. The lowest BCUT2D eigenvalue weighted by Crippen LogP contribution is -2.60. The van der Waals surface area contributed by atoms with Crippen molar-refractivity contribution in [3.8, 4) is 5.75 Å². The number of carbonyl (C=O) groups excluding carboxylic acids is 12. The number of carbonyl (C=O) groups is 15. The second-order valence-electron chi connectivity index (χ2n) is 21.4. The first-order chi connectivity index (χ1) is 43.6. The number of phenolic OH excluding ortho intramolecular Hbond substituents is 1. The quantitative estimate of drug-likeness (QED) is 0.0252. The number of primary amides is 1. The topological polar surface area (TPSA) is 599 Å². The van der Waals surface area contributed by atoms with Gasteiger partial charge < -0.3 is 108 Å². The van der Waals surface area contributed by atoms with Crippen molar-refractivity contribution in [1.82, 2.24) is 58.5 Å². The fourth-order valence-electron chi connectivity index (χ4n) is 8.85. The smallest absolute Gasteiger partial charge is 0.305 e. The molecule has 0 bridgehead atoms. The van der Waals surface area contributed by atoms with Gasteiger partial charge in [-0.05, 0) is 121 Å². The molecule has 10 atom stereocenters. The highest BCUT2D eigenvalue weighted by molar-refractivity contribution is 8.76. The number of carboxylic acid groups (broad SMARTS) is 3. The summed E-state index contributed by atoms with van der Waals surface area (Å²) in [6.45, 7) is 0.922. The zero-order valence-corrected chi connectivity index (χ0v) is 52.6. The average molecular weight is 1340 g/mol. The first-order valence-corrected chi connectivity index (χ1v) is 32.2. The van der Waals surface area contributed by atoms with Gasteiger partial charge in [-0.3, -0.25) is 71.9 Å². The molecular weight excluding hydrogens is 1250 g/mol. The van der Waals surface area contributed by atoms with Gasteiger partial charge in [-0.2, -0.15) is 0 Å². The van der Waals surface area contributed by atoms with Gasteiger partial charge in [0.1, 0.15) is 66.2 Å². The van der Waals surface area contributed by atoms with Crippen LogP contribution in [-0.4, -0.2) is 214 Å². The molecule has 1 saturated heterocycles. The third-order valence-corrected chi connectivity index (χ3v) is 16.1. The van der Waals surface area contributed by atoms with Crippen molar-refractivity contribution < 1.29 is 92.3 Å². The Hall–Kier alpha value is -8.39. The molecule has 1 aliphatic heterocycles. The molecular formula is C55H88N16O19S2. The molecule has 6 unspecified atom stereocenters. The van der Waals surface area contributed by atoms with Crippen LogP contribution in [-0.2, 0) is 78.3 Å². The molecule has 0 saturated carbocycles. The molecule has 1 aliphatic rings. The number of phenols is 1. The molecule has 12 amide bonds. The van der Waals surface area contributed by atoms with Crippen LogP contribution in [0.2, 0.25) is 0 Å². The first-order valence-electron chi connectivity index (χ1n) is 29.7. The molecule has 0 aliphatic carbocycles. The molecule has 1 heterocycles. The minimum Gasteiger partial charge on any atom is -0.508 e. The molecule has 1 aromatic carbocycles. The van der Waals surface area contributed by atoms with E-state index in [0.717, 1.165) is 28.5 Å². The Bertz CT molecular complexity index is 2700. The molecule has 1 aromatic rings. The van der Waals surface area contributed by atoms with E-state index in [1.165, 1.54) is 24.3 Å². The van der Waals surface area contributed by atoms with Crippen LogP contribution in [0.25, 0.3) is 0 Å². The van der Waals surface area contributed by atoms with Gasteiger partial charge >= 0.3 is 17.9 Å². The maximum absolute atomic E-state index is 14.7. The molecule has 2 rings (SSSR count). The summed E-state index contributed by atoms with van der Waals surface area (Å²) in [6, 6.07) is -11.9. The number of rotatable bonds is 30. The van der Waals surface area contributed by atoms with Gasteiger partial charge in [-0.1, -0.05) is 33.7 Å². The Morgan fingerprint density at radius 1 is 0.533 bits per heavy atom. The number of nitrogens with two attached hydrogens (primary N) is 5. The minimum atomic E-state index is -2.16. The van der Waals surface area contributed by atoms with Crippen LogP contribution in [0.3, 0.4) is 0 Å². The van der Waals surface area contributed by atoms with Gasteiger partial charge in [-0.25, -0.2) is 0 Å². The van der Waals surface area contributed by atoms with Crippen molar-refractivity contribution in [3.63, 3.8) is 0 Å². The highest BCUT2D eigenvalue weighted by Crippen LogP contribution is 2.24. The number of carboxylic acids is 3. The van der Waals surface area contributed by atoms with Crippen molar-refractivity contribution in [2.45, 2.75) is 170 Å². The largest absolute Gasteiger partial charge is 0.508 e. The molecule has 25 N–H and O–H groups in total. The number of hydrogen-bond acceptors (Lipinski definition) is 22. The second-order valence-corrected chi connectivity index (χ2v) is 23.9. The van der Waals surface area contributed by atoms with Gasteiger partial charge in [-0.15, -0.1) is 0 Å². The lowest BCUT2D eigenvalue weighted by Gasteiger charge is -2.27. The summed E-state index contributed by atoms with van der Waals surface area (Å²) < 4.78 is 0. The predicted molar refractivity (Wildman–Crippen MR) is 332 cm³/mol. The Labute approximate surface area is 537 Å². The fraction of sp³-hybridized carbons (Fsp3) is 0.618. The molecule has 37 heteroatoms. The van der Waals surface area contributed by atoms with Crippen molar-refractivity contribution in [2.75, 3.05) is 44.2 Å². The summed E-state index contributed by atoms with van der Waals surface area (Å²) >= 11 is 0. The maximum Gasteiger partial charge on any atom is 0.305 e. The van der Waals surface area contributed by atoms with Crippen LogP contribution in [0.5, 0.6) is 5.75 Å². The summed E-state index contributed by atoms with van der Waals surface area (Å²) in [4.78, 5) is 203. The van der Waals surface area contributed by atoms with Gasteiger partial charge in [0.25, 0.3) is 0 Å². The van der Waals surface area contributed by atoms with E-state index in [-0.39, 0.29) is 82.4 Å². The van der Waals surface area contributed by atoms with Crippen molar-refractivity contribution in [2.24, 2.45) is 28.7 Å². The molecule has 92 heavy (non-hydrogen) atoms. The lowest BCUT2D eigenvalue weighted by atomic mass is 10.0. The van der Waals surface area contributed by atoms with Crippen LogP contribution in [0.4, 0.5) is 0 Å². The number of hydrogen-bond donors (Lipinski definition) is 20. The highest BCUT2D eigenvalue weighted by atomic mass is 33.1. The maximum atomic E-state index is 14.7. The Kier molecular flexibility index (Phi) is 37.6. The second kappa shape index (κ2) is 43.4. The molecule has 0 spiro atoms. The zero-order valence-electron chi connectivity index (χ0n) is 51.0. The normalized spacial score (nSPS) is 22.0. The Morgan fingerprint density at radius 3 is 1.47 bits per heavy atom. The van der Waals surface area contributed by atoms with E-state index in [0.29, 0.717) is 32.1 Å². The van der Waals surface area contributed by atoms with Gasteiger partial charge in [0.15, 0.2) is 0 Å². The number of benzene rings is 1. The third kappa shape index (κ3) is 31.6. The standard InChI is InChI=1S/C55H88N16O19S2/c1-29(72)62-33(11-3-7-19-57)48(83)70-40-27-91-92-28-41(55(90)67-36(46(60)81)23-43(75)76)71-51(86)37(22-30-14-16-31(73)17-15-30)68-53(88)39(25-45(79)80)69-52(87)38(24-44(77)78)63-42(74)26-61-47(82)32(10-2-6-18-56)64-49(84)34(12-4-8-20-58)65-50(85)35(66-54(40)89)13-5-9-21-59/h14-17,32-41,73H,2-13,18-28,56-59H2,1H3,(H2,60,81)(H,61,82)(H,62,72)(H,63,74)(H,64,84)(H,65,85)(H,66,89)(H,67,90)(H,68,88)(H,69,87)(H,70,83)(H,71,86)(H,75,76)(H,77,78)(H,79,80)/t32?,33-,34-,35?,36-,37-,38?,39?,40?,41?/m0/s1. The van der Waals surface area contributed by atoms with Crippen LogP contribution in [0.15, 0.2) is 24.3 Å². The summed E-state index contributed by atoms with van der Waals surface area (Å²) in [6.07, 6.45) is -1.60. The molecule has 0 aromatic heterocycles. The number of aromatic hydroxyl groups is 1. The predicted octanol–water partition coefficient (Wildman–Crippen LogP) is -6.26. The Balaban J connectivity index is 2.99. The van der Waals surface area contributed by atoms with Crippen LogP contribution in [0.1, 0.15) is 109 Å². The van der Waals surface area contributed by atoms with Crippen molar-refractivity contribution in [3.05, 3.63) is 29.8 Å². The van der Waals surface area contributed by atoms with E-state index in [4.69, 9.17) is 28.7 Å². The van der Waals surface area contributed by atoms with Crippen LogP contribution in [0, 0.1) is 0 Å². The zero-order chi connectivity index (χ0) is 68.9. The number of nitrogens with one attached hydrogen (secondary N) is 11. The summed E-state index contributed by atoms with van der Waals surface area (Å²) in [7, 11) is 1.53. The van der Waals surface area contributed by atoms with E-state index in [1.54, 1.807) is 0 Å². The first kappa shape index (κ1) is 79.7. The highest BCUT2D eigenvalue weighted by Gasteiger charge is 2.37. The number of aliphatic carboxylic acids is 3. The summed E-state index contributed by atoms with van der Waals surface area (Å²) in [5.74, 6) is -19.3. The number of unbranched alkanes of at least 4 members (excludes halogenated alkanes) is 4. The average Bonchev–Trinajstić information content (AvgIpc) is 1.49. The fourth-order valence-corrected chi connectivity index (χ4v) is 11.2. The number of amides is 12. The van der Waals surface area contributed by atoms with Gasteiger partial charge in [0, 0.05) is 24.9 Å². The van der Waals surface area contributed by atoms with Crippen LogP contribution >= 0.6 is 21.6 Å². The van der Waals surface area contributed by atoms with E-state index in [1.807, 2.05) is 0 Å². The minimum absolute atomic E-state index is 0.0579. The van der Waals surface area contributed by atoms with E-state index in [2.05, 4.69) is 58.5 Å².